The molecule has 0 saturated carbocycles. The highest BCUT2D eigenvalue weighted by Gasteiger charge is 2.20. The van der Waals surface area contributed by atoms with Crippen molar-refractivity contribution in [2.24, 2.45) is 0 Å². The van der Waals surface area contributed by atoms with E-state index >= 15 is 0 Å². The fourth-order valence-corrected chi connectivity index (χ4v) is 4.75. The number of hydrogen-bond acceptors (Lipinski definition) is 5. The standard InChI is InChI=1S/C24H23Cl2N4OS/c1-15(32-24(2,3)4)30-11-10-20-22(30)23(28-14-27-20)29-17-8-9-21(19(26)13-17)31-18-7-5-6-16(25)12-18/h5-15H,1H2,2-4H3,(H,27,28,29). The molecule has 0 amide bonds. The second-order valence-corrected chi connectivity index (χ2v) is 11.0. The molecule has 0 aliphatic heterocycles. The highest BCUT2D eigenvalue weighted by molar-refractivity contribution is 8.00. The van der Waals surface area contributed by atoms with E-state index in [9.17, 15) is 0 Å². The van der Waals surface area contributed by atoms with Gasteiger partial charge in [0.15, 0.2) is 5.82 Å². The monoisotopic (exact) mass is 485 g/mol. The minimum atomic E-state index is -0.0314. The lowest BCUT2D eigenvalue weighted by molar-refractivity contribution is 0.483. The van der Waals surface area contributed by atoms with Crippen LogP contribution in [0.1, 0.15) is 26.1 Å². The van der Waals surface area contributed by atoms with E-state index in [0.717, 1.165) is 16.7 Å². The molecule has 32 heavy (non-hydrogen) atoms. The Morgan fingerprint density at radius 2 is 1.91 bits per heavy atom. The van der Waals surface area contributed by atoms with Gasteiger partial charge in [0.25, 0.3) is 0 Å². The molecule has 0 spiro atoms. The number of thioether (sulfide) groups is 1. The van der Waals surface area contributed by atoms with Crippen LogP contribution in [0.25, 0.3) is 11.0 Å². The number of nitrogens with zero attached hydrogens (tertiary/aromatic N) is 3. The number of hydrogen-bond donors (Lipinski definition) is 1. The summed E-state index contributed by atoms with van der Waals surface area (Å²) in [6.07, 6.45) is 3.54. The number of aromatic nitrogens is 3. The summed E-state index contributed by atoms with van der Waals surface area (Å²) in [6.45, 7) is 10.8. The fraction of sp³-hybridized carbons (Fsp3) is 0.208. The van der Waals surface area contributed by atoms with Gasteiger partial charge in [0.1, 0.15) is 23.3 Å². The molecule has 4 rings (SSSR count). The molecule has 165 valence electrons. The zero-order chi connectivity index (χ0) is 22.9. The Hall–Kier alpha value is -2.41. The molecule has 1 N–H and O–H groups in total. The van der Waals surface area contributed by atoms with E-state index in [1.165, 1.54) is 0 Å². The van der Waals surface area contributed by atoms with Gasteiger partial charge in [-0.2, -0.15) is 0 Å². The second kappa shape index (κ2) is 9.22. The first-order chi connectivity index (χ1) is 15.2. The quantitative estimate of drug-likeness (QED) is 0.298. The third-order valence-corrected chi connectivity index (χ3v) is 6.26. The van der Waals surface area contributed by atoms with Crippen molar-refractivity contribution in [3.8, 4) is 11.5 Å². The minimum absolute atomic E-state index is 0.0314. The Morgan fingerprint density at radius 1 is 1.09 bits per heavy atom. The lowest BCUT2D eigenvalue weighted by Gasteiger charge is -2.25. The summed E-state index contributed by atoms with van der Waals surface area (Å²) in [6, 6.07) is 14.6. The Morgan fingerprint density at radius 3 is 2.62 bits per heavy atom. The highest BCUT2D eigenvalue weighted by Crippen LogP contribution is 2.38. The van der Waals surface area contributed by atoms with Crippen molar-refractivity contribution < 1.29 is 4.74 Å². The smallest absolute Gasteiger partial charge is 0.158 e. The van der Waals surface area contributed by atoms with Crippen molar-refractivity contribution in [1.29, 1.82) is 0 Å². The Balaban J connectivity index is 1.61. The number of anilines is 2. The molecule has 1 radical (unpaired) electrons. The maximum absolute atomic E-state index is 6.49. The first-order valence-corrected chi connectivity index (χ1v) is 11.7. The molecular weight excluding hydrogens is 463 g/mol. The number of halogens is 2. The summed E-state index contributed by atoms with van der Waals surface area (Å²) in [5, 5.41) is 4.40. The van der Waals surface area contributed by atoms with Crippen LogP contribution < -0.4 is 10.1 Å². The molecule has 0 bridgehead atoms. The molecule has 1 atom stereocenters. The van der Waals surface area contributed by atoms with Gasteiger partial charge in [-0.05, 0) is 49.4 Å². The van der Waals surface area contributed by atoms with Crippen LogP contribution in [-0.2, 0) is 0 Å². The van der Waals surface area contributed by atoms with E-state index < -0.39 is 0 Å². The molecule has 0 aliphatic carbocycles. The average molecular weight is 486 g/mol. The SMILES string of the molecule is [CH2]C(SC(C)(C)C)n1ccc2ncnc(Nc3ccc(Oc4cccc(Cl)c4)c(Cl)c3)c21. The van der Waals surface area contributed by atoms with Gasteiger partial charge < -0.3 is 14.6 Å². The number of benzene rings is 2. The van der Waals surface area contributed by atoms with Crippen LogP contribution in [0, 0.1) is 6.92 Å². The Labute approximate surface area is 202 Å². The number of fused-ring (bicyclic) bond motifs is 1. The summed E-state index contributed by atoms with van der Waals surface area (Å²) in [5.74, 6) is 1.84. The van der Waals surface area contributed by atoms with Crippen molar-refractivity contribution in [2.75, 3.05) is 5.32 Å². The first-order valence-electron chi connectivity index (χ1n) is 10.0. The molecule has 8 heteroatoms. The summed E-state index contributed by atoms with van der Waals surface area (Å²) in [4.78, 5) is 8.88. The molecule has 2 aromatic carbocycles. The van der Waals surface area contributed by atoms with Gasteiger partial charge in [0, 0.05) is 21.7 Å². The van der Waals surface area contributed by atoms with Crippen molar-refractivity contribution in [2.45, 2.75) is 30.9 Å². The van der Waals surface area contributed by atoms with Crippen molar-refractivity contribution >= 4 is 57.5 Å². The van der Waals surface area contributed by atoms with E-state index in [2.05, 4.69) is 47.5 Å². The van der Waals surface area contributed by atoms with Crippen LogP contribution >= 0.6 is 35.0 Å². The number of rotatable bonds is 6. The van der Waals surface area contributed by atoms with Crippen LogP contribution in [-0.4, -0.2) is 19.3 Å². The highest BCUT2D eigenvalue weighted by atomic mass is 35.5. The summed E-state index contributed by atoms with van der Waals surface area (Å²) < 4.78 is 8.02. The third kappa shape index (κ3) is 5.31. The largest absolute Gasteiger partial charge is 0.456 e. The molecule has 0 saturated heterocycles. The molecule has 2 aromatic heterocycles. The maximum Gasteiger partial charge on any atom is 0.158 e. The summed E-state index contributed by atoms with van der Waals surface area (Å²) in [7, 11) is 0. The van der Waals surface area contributed by atoms with E-state index in [-0.39, 0.29) is 10.1 Å². The predicted octanol–water partition coefficient (Wildman–Crippen LogP) is 8.14. The van der Waals surface area contributed by atoms with Crippen molar-refractivity contribution in [3.63, 3.8) is 0 Å². The topological polar surface area (TPSA) is 52.0 Å². The molecule has 0 fully saturated rings. The molecule has 4 aromatic rings. The Kier molecular flexibility index (Phi) is 6.56. The van der Waals surface area contributed by atoms with Crippen LogP contribution in [0.15, 0.2) is 61.1 Å². The molecular formula is C24H23Cl2N4OS. The lowest BCUT2D eigenvalue weighted by Crippen LogP contribution is -2.13. The molecule has 5 nitrogen and oxygen atoms in total. The third-order valence-electron chi connectivity index (χ3n) is 4.52. The van der Waals surface area contributed by atoms with Crippen LogP contribution in [0.2, 0.25) is 10.0 Å². The number of nitrogens with one attached hydrogen (secondary N) is 1. The van der Waals surface area contributed by atoms with Crippen molar-refractivity contribution in [3.05, 3.63) is 78.0 Å². The van der Waals surface area contributed by atoms with Gasteiger partial charge in [-0.15, -0.1) is 11.8 Å². The van der Waals surface area contributed by atoms with Gasteiger partial charge in [-0.3, -0.25) is 0 Å². The average Bonchev–Trinajstić information content (AvgIpc) is 3.14. The maximum atomic E-state index is 6.49. The van der Waals surface area contributed by atoms with Crippen LogP contribution in [0.3, 0.4) is 0 Å². The fourth-order valence-electron chi connectivity index (χ4n) is 3.25. The van der Waals surface area contributed by atoms with E-state index in [1.807, 2.05) is 36.5 Å². The van der Waals surface area contributed by atoms with Gasteiger partial charge >= 0.3 is 0 Å². The zero-order valence-corrected chi connectivity index (χ0v) is 20.3. The predicted molar refractivity (Wildman–Crippen MR) is 136 cm³/mol. The zero-order valence-electron chi connectivity index (χ0n) is 18.0. The van der Waals surface area contributed by atoms with Crippen LogP contribution in [0.5, 0.6) is 11.5 Å². The van der Waals surface area contributed by atoms with Crippen molar-refractivity contribution in [1.82, 2.24) is 14.5 Å². The van der Waals surface area contributed by atoms with E-state index in [4.69, 9.17) is 27.9 Å². The second-order valence-electron chi connectivity index (χ2n) is 8.19. The molecule has 0 aliphatic rings. The lowest BCUT2D eigenvalue weighted by atomic mass is 10.3. The van der Waals surface area contributed by atoms with E-state index in [1.54, 1.807) is 36.3 Å². The molecule has 1 unspecified atom stereocenters. The van der Waals surface area contributed by atoms with E-state index in [0.29, 0.717) is 27.4 Å². The summed E-state index contributed by atoms with van der Waals surface area (Å²) >= 11 is 14.3. The van der Waals surface area contributed by atoms with Gasteiger partial charge in [-0.1, -0.05) is 50.0 Å². The normalized spacial score (nSPS) is 12.7. The van der Waals surface area contributed by atoms with Crippen LogP contribution in [0.4, 0.5) is 11.5 Å². The minimum Gasteiger partial charge on any atom is -0.456 e. The summed E-state index contributed by atoms with van der Waals surface area (Å²) in [5.41, 5.74) is 2.52. The first kappa shape index (κ1) is 22.8. The molecule has 2 heterocycles. The Bertz CT molecular complexity index is 1250. The van der Waals surface area contributed by atoms with Gasteiger partial charge in [0.2, 0.25) is 0 Å². The van der Waals surface area contributed by atoms with Gasteiger partial charge in [-0.25, -0.2) is 9.97 Å². The number of ether oxygens (including phenoxy) is 1. The van der Waals surface area contributed by atoms with Gasteiger partial charge in [0.05, 0.1) is 15.9 Å².